The van der Waals surface area contributed by atoms with E-state index in [1.165, 1.54) is 7.11 Å². The lowest BCUT2D eigenvalue weighted by Gasteiger charge is -2.29. The van der Waals surface area contributed by atoms with Crippen LogP contribution in [-0.2, 0) is 22.5 Å². The van der Waals surface area contributed by atoms with E-state index in [0.29, 0.717) is 39.9 Å². The lowest BCUT2D eigenvalue weighted by molar-refractivity contribution is -0.136. The second-order valence-electron chi connectivity index (χ2n) is 7.73. The minimum atomic E-state index is -0.827. The molecule has 0 saturated carbocycles. The van der Waals surface area contributed by atoms with Crippen LogP contribution < -0.4 is 16.0 Å². The Kier molecular flexibility index (Phi) is 6.49. The van der Waals surface area contributed by atoms with E-state index in [1.54, 1.807) is 28.8 Å². The molecule has 1 aromatic heterocycles. The quantitative estimate of drug-likeness (QED) is 0.536. The van der Waals surface area contributed by atoms with Gasteiger partial charge in [0.1, 0.15) is 11.3 Å². The number of hydrogen-bond acceptors (Lipinski definition) is 5. The first-order valence-electron chi connectivity index (χ1n) is 10.3. The van der Waals surface area contributed by atoms with Gasteiger partial charge in [-0.25, -0.2) is 4.79 Å². The van der Waals surface area contributed by atoms with Gasteiger partial charge in [0.25, 0.3) is 5.56 Å². The van der Waals surface area contributed by atoms with Crippen LogP contribution in [0.15, 0.2) is 70.8 Å². The first-order valence-corrected chi connectivity index (χ1v) is 11.1. The van der Waals surface area contributed by atoms with E-state index in [2.05, 4.69) is 0 Å². The molecule has 1 aliphatic heterocycles. The Morgan fingerprint density at radius 1 is 1.12 bits per heavy atom. The van der Waals surface area contributed by atoms with Gasteiger partial charge >= 0.3 is 5.97 Å². The molecule has 4 rings (SSSR count). The predicted molar refractivity (Wildman–Crippen MR) is 128 cm³/mol. The van der Waals surface area contributed by atoms with Gasteiger partial charge in [-0.05, 0) is 36.6 Å². The fourth-order valence-corrected chi connectivity index (χ4v) is 4.39. The fraction of sp³-hybridized carbons (Fsp3) is 0.200. The predicted octanol–water partition coefficient (Wildman–Crippen LogP) is 4.57. The molecule has 2 heterocycles. The van der Waals surface area contributed by atoms with Crippen LogP contribution in [0.1, 0.15) is 28.3 Å². The zero-order valence-corrected chi connectivity index (χ0v) is 19.6. The number of fused-ring (bicyclic) bond motifs is 1. The molecule has 0 spiro atoms. The van der Waals surface area contributed by atoms with Gasteiger partial charge in [-0.3, -0.25) is 4.79 Å². The highest BCUT2D eigenvalue weighted by Crippen LogP contribution is 2.42. The summed E-state index contributed by atoms with van der Waals surface area (Å²) in [6.45, 7) is 2.29. The number of rotatable bonds is 5. The van der Waals surface area contributed by atoms with Crippen molar-refractivity contribution in [1.29, 1.82) is 0 Å². The van der Waals surface area contributed by atoms with E-state index in [4.69, 9.17) is 38.4 Å². The van der Waals surface area contributed by atoms with E-state index in [-0.39, 0.29) is 17.0 Å². The van der Waals surface area contributed by atoms with Crippen molar-refractivity contribution < 1.29 is 14.3 Å². The average molecular weight is 485 g/mol. The van der Waals surface area contributed by atoms with Crippen LogP contribution in [0.2, 0.25) is 10.0 Å². The number of nitrogens with two attached hydrogens (primary N) is 1. The van der Waals surface area contributed by atoms with Crippen molar-refractivity contribution in [2.75, 3.05) is 7.11 Å². The topological polar surface area (TPSA) is 83.5 Å². The van der Waals surface area contributed by atoms with Crippen LogP contribution in [0, 0.1) is 6.92 Å². The zero-order chi connectivity index (χ0) is 23.7. The molecular weight excluding hydrogens is 463 g/mol. The molecule has 6 nitrogen and oxygen atoms in total. The first kappa shape index (κ1) is 23.0. The maximum absolute atomic E-state index is 13.8. The zero-order valence-electron chi connectivity index (χ0n) is 18.1. The van der Waals surface area contributed by atoms with Crippen LogP contribution in [0.3, 0.4) is 0 Å². The highest BCUT2D eigenvalue weighted by Gasteiger charge is 2.38. The van der Waals surface area contributed by atoms with E-state index >= 15 is 0 Å². The van der Waals surface area contributed by atoms with Gasteiger partial charge in [0.05, 0.1) is 28.6 Å². The molecular formula is C25H22Cl2N2O4. The van der Waals surface area contributed by atoms with Crippen molar-refractivity contribution in [3.05, 3.63) is 109 Å². The Bertz CT molecular complexity index is 1320. The van der Waals surface area contributed by atoms with Crippen LogP contribution >= 0.6 is 23.2 Å². The number of carbonyl (C=O) groups excluding carboxylic acids is 1. The molecule has 170 valence electrons. The van der Waals surface area contributed by atoms with Crippen molar-refractivity contribution in [2.24, 2.45) is 5.73 Å². The van der Waals surface area contributed by atoms with Gasteiger partial charge in [-0.1, -0.05) is 59.6 Å². The third-order valence-corrected chi connectivity index (χ3v) is 6.46. The van der Waals surface area contributed by atoms with E-state index in [1.807, 2.05) is 37.3 Å². The lowest BCUT2D eigenvalue weighted by atomic mass is 9.83. The lowest BCUT2D eigenvalue weighted by Crippen LogP contribution is -2.35. The third-order valence-electron chi connectivity index (χ3n) is 5.72. The normalized spacial score (nSPS) is 15.1. The summed E-state index contributed by atoms with van der Waals surface area (Å²) < 4.78 is 12.4. The molecule has 0 saturated heterocycles. The van der Waals surface area contributed by atoms with E-state index < -0.39 is 11.9 Å². The number of ether oxygens (including phenoxy) is 2. The molecule has 0 fully saturated rings. The SMILES string of the molecule is COC(=O)C1=C(N)Oc2cc(C)n(CCc3ccccc3)c(=O)c2C1c1ccc(Cl)c(Cl)c1. The molecule has 33 heavy (non-hydrogen) atoms. The van der Waals surface area contributed by atoms with Gasteiger partial charge in [0, 0.05) is 18.3 Å². The third kappa shape index (κ3) is 4.36. The number of aromatic nitrogens is 1. The minimum Gasteiger partial charge on any atom is -0.465 e. The minimum absolute atomic E-state index is 0.0407. The molecule has 0 aliphatic carbocycles. The molecule has 8 heteroatoms. The van der Waals surface area contributed by atoms with Crippen LogP contribution in [0.5, 0.6) is 5.75 Å². The summed E-state index contributed by atoms with van der Waals surface area (Å²) in [5, 5.41) is 0.648. The van der Waals surface area contributed by atoms with Crippen molar-refractivity contribution >= 4 is 29.2 Å². The summed E-state index contributed by atoms with van der Waals surface area (Å²) in [5.74, 6) is -1.34. The smallest absolute Gasteiger partial charge is 0.340 e. The largest absolute Gasteiger partial charge is 0.465 e. The molecule has 3 aromatic rings. The van der Waals surface area contributed by atoms with Gasteiger partial charge in [0.2, 0.25) is 5.88 Å². The fourth-order valence-electron chi connectivity index (χ4n) is 4.08. The molecule has 2 aromatic carbocycles. The van der Waals surface area contributed by atoms with Gasteiger partial charge < -0.3 is 19.8 Å². The van der Waals surface area contributed by atoms with Gasteiger partial charge in [-0.15, -0.1) is 0 Å². The highest BCUT2D eigenvalue weighted by atomic mass is 35.5. The van der Waals surface area contributed by atoms with Crippen molar-refractivity contribution in [2.45, 2.75) is 25.8 Å². The number of pyridine rings is 1. The number of benzene rings is 2. The molecule has 1 aliphatic rings. The van der Waals surface area contributed by atoms with Crippen LogP contribution in [-0.4, -0.2) is 17.6 Å². The van der Waals surface area contributed by atoms with Crippen molar-refractivity contribution in [3.8, 4) is 5.75 Å². The Labute approximate surface area is 201 Å². The summed E-state index contributed by atoms with van der Waals surface area (Å²) >= 11 is 12.4. The Hall–Kier alpha value is -3.22. The average Bonchev–Trinajstić information content (AvgIpc) is 2.80. The number of halogens is 2. The molecule has 0 amide bonds. The van der Waals surface area contributed by atoms with Crippen molar-refractivity contribution in [1.82, 2.24) is 4.57 Å². The molecule has 0 radical (unpaired) electrons. The maximum atomic E-state index is 13.8. The Morgan fingerprint density at radius 2 is 1.85 bits per heavy atom. The number of esters is 1. The first-order chi connectivity index (χ1) is 15.8. The highest BCUT2D eigenvalue weighted by molar-refractivity contribution is 6.42. The standard InChI is InChI=1S/C25H22Cl2N2O4/c1-14-12-19-21(24(30)29(14)11-10-15-6-4-3-5-7-15)20(16-8-9-17(26)18(27)13-16)22(23(28)33-19)25(31)32-2/h3-9,12-13,20H,10-11,28H2,1-2H3. The number of methoxy groups -OCH3 is 1. The van der Waals surface area contributed by atoms with Crippen molar-refractivity contribution in [3.63, 3.8) is 0 Å². The van der Waals surface area contributed by atoms with Crippen LogP contribution in [0.4, 0.5) is 0 Å². The monoisotopic (exact) mass is 484 g/mol. The second-order valence-corrected chi connectivity index (χ2v) is 8.55. The molecule has 1 atom stereocenters. The molecule has 1 unspecified atom stereocenters. The number of nitrogens with zero attached hydrogens (tertiary/aromatic N) is 1. The van der Waals surface area contributed by atoms with Gasteiger partial charge in [0.15, 0.2) is 0 Å². The number of carbonyl (C=O) groups is 1. The molecule has 2 N–H and O–H groups in total. The molecule has 0 bridgehead atoms. The summed E-state index contributed by atoms with van der Waals surface area (Å²) in [4.78, 5) is 26.5. The number of hydrogen-bond donors (Lipinski definition) is 1. The second kappa shape index (κ2) is 9.33. The maximum Gasteiger partial charge on any atom is 0.340 e. The summed E-state index contributed by atoms with van der Waals surface area (Å²) in [6, 6.07) is 16.6. The number of aryl methyl sites for hydroxylation is 2. The van der Waals surface area contributed by atoms with Gasteiger partial charge in [-0.2, -0.15) is 0 Å². The summed E-state index contributed by atoms with van der Waals surface area (Å²) in [5.41, 5.74) is 8.59. The van der Waals surface area contributed by atoms with Crippen LogP contribution in [0.25, 0.3) is 0 Å². The van der Waals surface area contributed by atoms with E-state index in [0.717, 1.165) is 11.3 Å². The summed E-state index contributed by atoms with van der Waals surface area (Å²) in [7, 11) is 1.25. The van der Waals surface area contributed by atoms with E-state index in [9.17, 15) is 9.59 Å². The Balaban J connectivity index is 1.88. The Morgan fingerprint density at radius 3 is 2.52 bits per heavy atom. The summed E-state index contributed by atoms with van der Waals surface area (Å²) in [6.07, 6.45) is 0.667.